The van der Waals surface area contributed by atoms with Gasteiger partial charge in [-0.25, -0.2) is 0 Å². The van der Waals surface area contributed by atoms with Gasteiger partial charge in [-0.15, -0.1) is 5.10 Å². The van der Waals surface area contributed by atoms with Gasteiger partial charge in [0.25, 0.3) is 5.91 Å². The number of hydrogen-bond acceptors (Lipinski definition) is 5. The molecule has 3 heterocycles. The van der Waals surface area contributed by atoms with E-state index >= 15 is 0 Å². The zero-order valence-electron chi connectivity index (χ0n) is 13.7. The Labute approximate surface area is 145 Å². The van der Waals surface area contributed by atoms with Crippen LogP contribution in [0, 0.1) is 0 Å². The van der Waals surface area contributed by atoms with Crippen LogP contribution in [-0.4, -0.2) is 57.0 Å². The van der Waals surface area contributed by atoms with Gasteiger partial charge in [-0.2, -0.15) is 9.90 Å². The molecule has 0 spiro atoms. The monoisotopic (exact) mass is 334 g/mol. The Morgan fingerprint density at radius 3 is 2.32 bits per heavy atom. The van der Waals surface area contributed by atoms with Gasteiger partial charge in [-0.05, 0) is 24.3 Å². The largest absolute Gasteiger partial charge is 0.368 e. The van der Waals surface area contributed by atoms with Gasteiger partial charge in [0.1, 0.15) is 0 Å². The van der Waals surface area contributed by atoms with Gasteiger partial charge in [-0.1, -0.05) is 18.2 Å². The molecule has 1 aromatic carbocycles. The van der Waals surface area contributed by atoms with Crippen molar-refractivity contribution in [2.45, 2.75) is 0 Å². The summed E-state index contributed by atoms with van der Waals surface area (Å²) in [6.45, 7) is 2.92. The minimum absolute atomic E-state index is 0.0726. The van der Waals surface area contributed by atoms with Crippen LogP contribution < -0.4 is 4.90 Å². The van der Waals surface area contributed by atoms with E-state index in [9.17, 15) is 4.79 Å². The Morgan fingerprint density at radius 1 is 0.880 bits per heavy atom. The van der Waals surface area contributed by atoms with Crippen molar-refractivity contribution in [3.05, 3.63) is 66.7 Å². The van der Waals surface area contributed by atoms with Crippen molar-refractivity contribution in [1.29, 1.82) is 0 Å². The molecule has 0 saturated carbocycles. The van der Waals surface area contributed by atoms with E-state index in [4.69, 9.17) is 0 Å². The van der Waals surface area contributed by atoms with Crippen LogP contribution in [0.4, 0.5) is 5.69 Å². The first-order valence-electron chi connectivity index (χ1n) is 8.23. The highest BCUT2D eigenvalue weighted by molar-refractivity contribution is 5.92. The Bertz CT molecular complexity index is 840. The molecule has 7 heteroatoms. The number of amides is 1. The van der Waals surface area contributed by atoms with Gasteiger partial charge in [0.2, 0.25) is 0 Å². The molecule has 0 bridgehead atoms. The second kappa shape index (κ2) is 6.72. The number of anilines is 1. The maximum atomic E-state index is 12.7. The third-order valence-corrected chi connectivity index (χ3v) is 4.29. The van der Waals surface area contributed by atoms with Crippen molar-refractivity contribution < 1.29 is 4.79 Å². The third kappa shape index (κ3) is 3.21. The van der Waals surface area contributed by atoms with Crippen LogP contribution in [0.1, 0.15) is 10.5 Å². The SMILES string of the molecule is O=C(c1cnn(-c2ccccc2)n1)N1CCN(c2ccncc2)CC1. The quantitative estimate of drug-likeness (QED) is 0.728. The first kappa shape index (κ1) is 15.3. The number of hydrogen-bond donors (Lipinski definition) is 0. The Hall–Kier alpha value is -3.22. The van der Waals surface area contributed by atoms with Crippen LogP contribution in [-0.2, 0) is 0 Å². The second-order valence-electron chi connectivity index (χ2n) is 5.84. The van der Waals surface area contributed by atoms with Crippen LogP contribution in [0.5, 0.6) is 0 Å². The summed E-state index contributed by atoms with van der Waals surface area (Å²) >= 11 is 0. The summed E-state index contributed by atoms with van der Waals surface area (Å²) in [5.74, 6) is -0.0726. The molecule has 0 N–H and O–H groups in total. The number of benzene rings is 1. The number of nitrogens with zero attached hydrogens (tertiary/aromatic N) is 6. The normalized spacial score (nSPS) is 14.6. The van der Waals surface area contributed by atoms with E-state index in [-0.39, 0.29) is 5.91 Å². The van der Waals surface area contributed by atoms with Crippen LogP contribution in [0.15, 0.2) is 61.1 Å². The molecule has 4 rings (SSSR count). The second-order valence-corrected chi connectivity index (χ2v) is 5.84. The number of aromatic nitrogens is 4. The molecule has 3 aromatic rings. The molecular weight excluding hydrogens is 316 g/mol. The molecule has 1 aliphatic rings. The molecule has 2 aromatic heterocycles. The van der Waals surface area contributed by atoms with Crippen molar-refractivity contribution in [1.82, 2.24) is 24.9 Å². The van der Waals surface area contributed by atoms with Crippen LogP contribution in [0.3, 0.4) is 0 Å². The lowest BCUT2D eigenvalue weighted by atomic mass is 10.2. The Kier molecular flexibility index (Phi) is 4.12. The smallest absolute Gasteiger partial charge is 0.276 e. The third-order valence-electron chi connectivity index (χ3n) is 4.29. The molecule has 1 amide bonds. The number of piperazine rings is 1. The van der Waals surface area contributed by atoms with E-state index in [2.05, 4.69) is 20.1 Å². The molecule has 0 aliphatic carbocycles. The number of para-hydroxylation sites is 1. The van der Waals surface area contributed by atoms with Crippen molar-refractivity contribution >= 4 is 11.6 Å². The summed E-state index contributed by atoms with van der Waals surface area (Å²) in [7, 11) is 0. The predicted octanol–water partition coefficient (Wildman–Crippen LogP) is 1.62. The average molecular weight is 334 g/mol. The summed E-state index contributed by atoms with van der Waals surface area (Å²) in [5, 5.41) is 8.53. The standard InChI is InChI=1S/C18H18N6O/c25-18(17-14-20-24(21-17)16-4-2-1-3-5-16)23-12-10-22(11-13-23)15-6-8-19-9-7-15/h1-9,14H,10-13H2. The topological polar surface area (TPSA) is 67.2 Å². The zero-order chi connectivity index (χ0) is 17.1. The van der Waals surface area contributed by atoms with Crippen molar-refractivity contribution in [2.75, 3.05) is 31.1 Å². The fourth-order valence-corrected chi connectivity index (χ4v) is 2.93. The maximum Gasteiger partial charge on any atom is 0.276 e. The maximum absolute atomic E-state index is 12.7. The summed E-state index contributed by atoms with van der Waals surface area (Å²) in [6.07, 6.45) is 5.11. The molecule has 126 valence electrons. The van der Waals surface area contributed by atoms with Gasteiger partial charge >= 0.3 is 0 Å². The van der Waals surface area contributed by atoms with Gasteiger partial charge in [0.15, 0.2) is 5.69 Å². The number of rotatable bonds is 3. The molecule has 7 nitrogen and oxygen atoms in total. The van der Waals surface area contributed by atoms with Crippen LogP contribution in [0.25, 0.3) is 5.69 Å². The molecule has 1 aliphatic heterocycles. The highest BCUT2D eigenvalue weighted by atomic mass is 16.2. The Balaban J connectivity index is 1.42. The van der Waals surface area contributed by atoms with E-state index in [1.165, 1.54) is 11.0 Å². The summed E-state index contributed by atoms with van der Waals surface area (Å²) in [6, 6.07) is 13.5. The van der Waals surface area contributed by atoms with E-state index in [0.717, 1.165) is 24.5 Å². The van der Waals surface area contributed by atoms with E-state index in [1.807, 2.05) is 47.4 Å². The number of carbonyl (C=O) groups is 1. The first-order chi connectivity index (χ1) is 12.3. The van der Waals surface area contributed by atoms with Crippen molar-refractivity contribution in [3.8, 4) is 5.69 Å². The molecule has 0 atom stereocenters. The van der Waals surface area contributed by atoms with E-state index < -0.39 is 0 Å². The predicted molar refractivity (Wildman–Crippen MR) is 93.7 cm³/mol. The highest BCUT2D eigenvalue weighted by Gasteiger charge is 2.24. The number of pyridine rings is 1. The van der Waals surface area contributed by atoms with E-state index in [1.54, 1.807) is 12.4 Å². The van der Waals surface area contributed by atoms with Gasteiger partial charge < -0.3 is 9.80 Å². The van der Waals surface area contributed by atoms with E-state index in [0.29, 0.717) is 18.8 Å². The van der Waals surface area contributed by atoms with Crippen molar-refractivity contribution in [2.24, 2.45) is 0 Å². The minimum atomic E-state index is -0.0726. The average Bonchev–Trinajstić information content (AvgIpc) is 3.19. The number of carbonyl (C=O) groups excluding carboxylic acids is 1. The molecule has 1 fully saturated rings. The van der Waals surface area contributed by atoms with Crippen LogP contribution >= 0.6 is 0 Å². The van der Waals surface area contributed by atoms with Gasteiger partial charge in [0, 0.05) is 44.3 Å². The fraction of sp³-hybridized carbons (Fsp3) is 0.222. The lowest BCUT2D eigenvalue weighted by Crippen LogP contribution is -2.48. The lowest BCUT2D eigenvalue weighted by Gasteiger charge is -2.35. The summed E-state index contributed by atoms with van der Waals surface area (Å²) in [5.41, 5.74) is 2.35. The molecule has 25 heavy (non-hydrogen) atoms. The van der Waals surface area contributed by atoms with Gasteiger partial charge in [0.05, 0.1) is 11.9 Å². The Morgan fingerprint density at radius 2 is 1.60 bits per heavy atom. The van der Waals surface area contributed by atoms with Crippen LogP contribution in [0.2, 0.25) is 0 Å². The first-order valence-corrected chi connectivity index (χ1v) is 8.23. The molecular formula is C18H18N6O. The minimum Gasteiger partial charge on any atom is -0.368 e. The van der Waals surface area contributed by atoms with Crippen molar-refractivity contribution in [3.63, 3.8) is 0 Å². The van der Waals surface area contributed by atoms with Gasteiger partial charge in [-0.3, -0.25) is 9.78 Å². The molecule has 0 unspecified atom stereocenters. The summed E-state index contributed by atoms with van der Waals surface area (Å²) in [4.78, 5) is 22.3. The lowest BCUT2D eigenvalue weighted by molar-refractivity contribution is 0.0740. The fourth-order valence-electron chi connectivity index (χ4n) is 2.93. The zero-order valence-corrected chi connectivity index (χ0v) is 13.7. The molecule has 1 saturated heterocycles. The molecule has 0 radical (unpaired) electrons. The highest BCUT2D eigenvalue weighted by Crippen LogP contribution is 2.16. The summed E-state index contributed by atoms with van der Waals surface area (Å²) < 4.78 is 0.